The summed E-state index contributed by atoms with van der Waals surface area (Å²) in [5, 5.41) is 41.4. The van der Waals surface area contributed by atoms with Crippen molar-refractivity contribution in [1.29, 1.82) is 0 Å². The zero-order chi connectivity index (χ0) is 26.6. The van der Waals surface area contributed by atoms with Gasteiger partial charge in [-0.25, -0.2) is 15.0 Å². The highest BCUT2D eigenvalue weighted by atomic mass is 127. The first-order chi connectivity index (χ1) is 18.0. The number of hydrogen-bond donors (Lipinski definition) is 3. The van der Waals surface area contributed by atoms with E-state index in [1.807, 2.05) is 46.4 Å². The molecule has 11 nitrogen and oxygen atoms in total. The Bertz CT molecular complexity index is 1370. The Labute approximate surface area is 239 Å². The van der Waals surface area contributed by atoms with Gasteiger partial charge in [-0.3, -0.25) is 14.5 Å². The highest BCUT2D eigenvalue weighted by Gasteiger charge is 2.18. The second-order valence-electron chi connectivity index (χ2n) is 6.81. The third-order valence-corrected chi connectivity index (χ3v) is 6.76. The van der Waals surface area contributed by atoms with E-state index in [0.717, 1.165) is 26.4 Å². The van der Waals surface area contributed by atoms with Crippen molar-refractivity contribution in [2.75, 3.05) is 4.93 Å². The van der Waals surface area contributed by atoms with Crippen LogP contribution in [0.15, 0.2) is 65.3 Å². The second kappa shape index (κ2) is 14.8. The average molecular weight is 667 g/mol. The number of H-pyrrole nitrogens is 1. The Balaban J connectivity index is 0.000000151. The van der Waals surface area contributed by atoms with E-state index in [1.165, 1.54) is 16.0 Å². The molecule has 0 unspecified atom stereocenters. The van der Waals surface area contributed by atoms with E-state index >= 15 is 0 Å². The molecule has 0 atom stereocenters. The molecular formula is C21H23BIN9O2S3. The van der Waals surface area contributed by atoms with Crippen molar-refractivity contribution < 1.29 is 10.0 Å². The van der Waals surface area contributed by atoms with Crippen LogP contribution in [0, 0.1) is 0 Å². The van der Waals surface area contributed by atoms with Gasteiger partial charge in [0, 0.05) is 61.2 Å². The smallest absolute Gasteiger partial charge is 0.422 e. The Morgan fingerprint density at radius 1 is 0.811 bits per heavy atom. The first-order valence-electron chi connectivity index (χ1n) is 10.5. The Morgan fingerprint density at radius 2 is 1.41 bits per heavy atom. The van der Waals surface area contributed by atoms with E-state index in [1.54, 1.807) is 65.3 Å². The molecule has 0 aromatic carbocycles. The number of aromatic nitrogens is 9. The van der Waals surface area contributed by atoms with Crippen LogP contribution >= 0.6 is 56.6 Å². The summed E-state index contributed by atoms with van der Waals surface area (Å²) >= 11 is 6.81. The SMILES string of the molecule is CI.Cn1ccc(-c2nccs2)n1.Cn1nc(-c2nccs2)cc1B(O)O.c1cc(-c2nccs2)[nH]n1. The molecule has 37 heavy (non-hydrogen) atoms. The van der Waals surface area contributed by atoms with Crippen molar-refractivity contribution in [3.05, 3.63) is 65.3 Å². The Hall–Kier alpha value is -2.77. The van der Waals surface area contributed by atoms with Crippen LogP contribution in [0.4, 0.5) is 0 Å². The third kappa shape index (κ3) is 8.37. The lowest BCUT2D eigenvalue weighted by molar-refractivity contribution is 0.421. The van der Waals surface area contributed by atoms with Crippen LogP contribution in [-0.2, 0) is 14.1 Å². The van der Waals surface area contributed by atoms with Gasteiger partial charge in [0.2, 0.25) is 0 Å². The van der Waals surface area contributed by atoms with Crippen molar-refractivity contribution in [3.8, 4) is 32.1 Å². The van der Waals surface area contributed by atoms with Gasteiger partial charge in [-0.2, -0.15) is 15.3 Å². The molecule has 16 heteroatoms. The highest BCUT2D eigenvalue weighted by Crippen LogP contribution is 2.19. The van der Waals surface area contributed by atoms with Crippen molar-refractivity contribution in [1.82, 2.24) is 44.7 Å². The molecule has 0 aliphatic carbocycles. The minimum atomic E-state index is -1.50. The van der Waals surface area contributed by atoms with Gasteiger partial charge in [-0.1, -0.05) is 22.6 Å². The second-order valence-corrected chi connectivity index (χ2v) is 9.49. The lowest BCUT2D eigenvalue weighted by Gasteiger charge is -1.96. The number of aromatic amines is 1. The van der Waals surface area contributed by atoms with Crippen LogP contribution in [0.3, 0.4) is 0 Å². The zero-order valence-electron chi connectivity index (χ0n) is 20.0. The molecule has 0 aliphatic heterocycles. The van der Waals surface area contributed by atoms with Crippen molar-refractivity contribution >= 4 is 69.3 Å². The van der Waals surface area contributed by atoms with Crippen molar-refractivity contribution in [2.45, 2.75) is 0 Å². The van der Waals surface area contributed by atoms with Gasteiger partial charge in [0.15, 0.2) is 0 Å². The molecule has 0 saturated heterocycles. The van der Waals surface area contributed by atoms with Gasteiger partial charge in [0.05, 0.1) is 11.3 Å². The summed E-state index contributed by atoms with van der Waals surface area (Å²) in [6, 6.07) is 5.47. The van der Waals surface area contributed by atoms with Gasteiger partial charge >= 0.3 is 7.12 Å². The van der Waals surface area contributed by atoms with Crippen molar-refractivity contribution in [3.63, 3.8) is 0 Å². The average Bonchev–Trinajstić information content (AvgIpc) is 3.75. The minimum Gasteiger partial charge on any atom is -0.422 e. The molecule has 0 aliphatic rings. The van der Waals surface area contributed by atoms with Gasteiger partial charge in [-0.15, -0.1) is 34.0 Å². The van der Waals surface area contributed by atoms with Gasteiger partial charge < -0.3 is 10.0 Å². The molecule has 0 spiro atoms. The molecule has 3 N–H and O–H groups in total. The van der Waals surface area contributed by atoms with Gasteiger partial charge in [-0.05, 0) is 23.1 Å². The van der Waals surface area contributed by atoms with E-state index in [9.17, 15) is 0 Å². The largest absolute Gasteiger partial charge is 0.507 e. The van der Waals surface area contributed by atoms with Crippen LogP contribution < -0.4 is 5.59 Å². The summed E-state index contributed by atoms with van der Waals surface area (Å²) < 4.78 is 3.21. The Morgan fingerprint density at radius 3 is 1.84 bits per heavy atom. The summed E-state index contributed by atoms with van der Waals surface area (Å²) in [6.07, 6.45) is 8.88. The number of rotatable bonds is 4. The van der Waals surface area contributed by atoms with E-state index in [-0.39, 0.29) is 0 Å². The maximum absolute atomic E-state index is 8.99. The normalized spacial score (nSPS) is 9.89. The fraction of sp³-hybridized carbons (Fsp3) is 0.143. The van der Waals surface area contributed by atoms with E-state index in [0.29, 0.717) is 11.3 Å². The van der Waals surface area contributed by atoms with Gasteiger partial charge in [0.1, 0.15) is 26.4 Å². The number of thiazole rings is 3. The number of hydrogen-bond acceptors (Lipinski definition) is 11. The monoisotopic (exact) mass is 667 g/mol. The zero-order valence-corrected chi connectivity index (χ0v) is 24.6. The molecule has 6 aromatic heterocycles. The highest BCUT2D eigenvalue weighted by molar-refractivity contribution is 14.1. The van der Waals surface area contributed by atoms with Crippen LogP contribution in [-0.4, -0.2) is 66.8 Å². The first kappa shape index (κ1) is 28.8. The number of aryl methyl sites for hydroxylation is 2. The maximum atomic E-state index is 8.99. The molecule has 6 heterocycles. The lowest BCUT2D eigenvalue weighted by Crippen LogP contribution is -2.35. The summed E-state index contributed by atoms with van der Waals surface area (Å²) in [6.45, 7) is 0. The fourth-order valence-electron chi connectivity index (χ4n) is 2.79. The summed E-state index contributed by atoms with van der Waals surface area (Å²) in [5.74, 6) is 0. The molecule has 0 radical (unpaired) electrons. The molecule has 6 rings (SSSR count). The minimum absolute atomic E-state index is 0.357. The van der Waals surface area contributed by atoms with E-state index in [2.05, 4.69) is 57.9 Å². The molecule has 192 valence electrons. The molecule has 6 aromatic rings. The topological polar surface area (TPSA) is 143 Å². The molecule has 0 amide bonds. The van der Waals surface area contributed by atoms with E-state index < -0.39 is 7.12 Å². The van der Waals surface area contributed by atoms with Crippen molar-refractivity contribution in [2.24, 2.45) is 14.1 Å². The predicted molar refractivity (Wildman–Crippen MR) is 158 cm³/mol. The molecule has 0 saturated carbocycles. The summed E-state index contributed by atoms with van der Waals surface area (Å²) in [4.78, 5) is 14.3. The number of alkyl halides is 1. The Kier molecular flexibility index (Phi) is 11.6. The standard InChI is InChI=1S/C7H8BN3O2S.C7H7N3S.C6H5N3S.CH3I/c1-11-6(8(12)13)4-5(10-11)7-9-2-3-14-7;1-10-4-2-6(9-10)7-8-3-5-11-7;1-2-8-9-5(1)6-7-3-4-10-6;1-2/h2-4,12-13H,1H3;2-5H,1H3;1-4H,(H,8,9);1H3. The maximum Gasteiger partial charge on any atom is 0.507 e. The van der Waals surface area contributed by atoms with E-state index in [4.69, 9.17) is 10.0 Å². The quantitative estimate of drug-likeness (QED) is 0.148. The number of halogens is 1. The van der Waals surface area contributed by atoms with Crippen LogP contribution in [0.1, 0.15) is 0 Å². The number of nitrogens with zero attached hydrogens (tertiary/aromatic N) is 8. The third-order valence-electron chi connectivity index (χ3n) is 4.36. The first-order valence-corrected chi connectivity index (χ1v) is 15.3. The lowest BCUT2D eigenvalue weighted by atomic mass is 9.86. The predicted octanol–water partition coefficient (Wildman–Crippen LogP) is 3.35. The van der Waals surface area contributed by atoms with Crippen LogP contribution in [0.2, 0.25) is 0 Å². The summed E-state index contributed by atoms with van der Waals surface area (Å²) in [7, 11) is 2.06. The number of nitrogens with one attached hydrogen (secondary N) is 1. The van der Waals surface area contributed by atoms with Crippen LogP contribution in [0.5, 0.6) is 0 Å². The fourth-order valence-corrected chi connectivity index (χ4v) is 4.60. The summed E-state index contributed by atoms with van der Waals surface area (Å²) in [5.41, 5.74) is 2.94. The van der Waals surface area contributed by atoms with Gasteiger partial charge in [0.25, 0.3) is 0 Å². The molecular weight excluding hydrogens is 644 g/mol. The molecule has 0 fully saturated rings. The van der Waals surface area contributed by atoms with Crippen LogP contribution in [0.25, 0.3) is 32.1 Å². The molecule has 0 bridgehead atoms.